The van der Waals surface area contributed by atoms with E-state index in [-0.39, 0.29) is 22.7 Å². The summed E-state index contributed by atoms with van der Waals surface area (Å²) in [5.74, 6) is -1.87. The van der Waals surface area contributed by atoms with Crippen LogP contribution < -0.4 is 5.32 Å². The number of fused-ring (bicyclic) bond motifs is 2. The molecule has 1 aliphatic carbocycles. The molecule has 9 heteroatoms. The van der Waals surface area contributed by atoms with Crippen molar-refractivity contribution in [3.8, 4) is 0 Å². The third kappa shape index (κ3) is 4.27. The highest BCUT2D eigenvalue weighted by Crippen LogP contribution is 2.29. The van der Waals surface area contributed by atoms with Crippen LogP contribution in [0.15, 0.2) is 48.5 Å². The molecule has 0 spiro atoms. The van der Waals surface area contributed by atoms with Gasteiger partial charge in [0, 0.05) is 46.6 Å². The first-order valence-electron chi connectivity index (χ1n) is 10.4. The Hall–Kier alpha value is -4.04. The second kappa shape index (κ2) is 9.07. The summed E-state index contributed by atoms with van der Waals surface area (Å²) in [7, 11) is 1.68. The number of anilines is 1. The molecule has 1 heterocycles. The van der Waals surface area contributed by atoms with Crippen molar-refractivity contribution in [3.05, 3.63) is 87.2 Å². The lowest BCUT2D eigenvalue weighted by Crippen LogP contribution is -2.29. The number of ketones is 2. The maximum Gasteiger partial charge on any atom is 0.331 e. The highest BCUT2D eigenvalue weighted by Gasteiger charge is 2.29. The van der Waals surface area contributed by atoms with Crippen molar-refractivity contribution in [3.63, 3.8) is 0 Å². The molecule has 0 saturated carbocycles. The Morgan fingerprint density at radius 2 is 1.68 bits per heavy atom. The number of benzene rings is 2. The molecule has 1 aliphatic rings. The Labute approximate surface area is 200 Å². The predicted molar refractivity (Wildman–Crippen MR) is 126 cm³/mol. The molecule has 172 valence electrons. The van der Waals surface area contributed by atoms with E-state index < -0.39 is 18.0 Å². The molecule has 3 aromatic rings. The lowest BCUT2D eigenvalue weighted by atomic mass is 9.84. The van der Waals surface area contributed by atoms with Gasteiger partial charge in [0.1, 0.15) is 5.15 Å². The van der Waals surface area contributed by atoms with Crippen LogP contribution in [0, 0.1) is 6.92 Å². The number of nitrogens with one attached hydrogen (secondary N) is 1. The van der Waals surface area contributed by atoms with Crippen LogP contribution in [0.4, 0.5) is 5.69 Å². The molecule has 8 nitrogen and oxygen atoms in total. The number of amides is 1. The normalized spacial score (nSPS) is 13.4. The molecule has 4 rings (SSSR count). The molecular weight excluding hydrogens is 458 g/mol. The molecule has 1 N–H and O–H groups in total. The van der Waals surface area contributed by atoms with E-state index in [2.05, 4.69) is 10.4 Å². The summed E-state index contributed by atoms with van der Waals surface area (Å²) in [5.41, 5.74) is 2.68. The van der Waals surface area contributed by atoms with E-state index in [4.69, 9.17) is 16.3 Å². The fraction of sp³-hybridized carbons (Fsp3) is 0.160. The van der Waals surface area contributed by atoms with Gasteiger partial charge < -0.3 is 10.1 Å². The molecule has 1 aromatic heterocycles. The predicted octanol–water partition coefficient (Wildman–Crippen LogP) is 3.74. The van der Waals surface area contributed by atoms with Gasteiger partial charge in [-0.2, -0.15) is 5.10 Å². The fourth-order valence-corrected chi connectivity index (χ4v) is 3.91. The number of ether oxygens (including phenoxy) is 1. The SMILES string of the molecule is Cc1nn(C)c(Cl)c1/C=C/C(=O)OC(C)C(=O)Nc1ccc2c(c1)C(=O)c1ccccc1C2=O. The van der Waals surface area contributed by atoms with Crippen molar-refractivity contribution in [2.45, 2.75) is 20.0 Å². The van der Waals surface area contributed by atoms with Crippen LogP contribution in [0.1, 0.15) is 50.0 Å². The fourth-order valence-electron chi connectivity index (χ4n) is 3.68. The number of esters is 1. The van der Waals surface area contributed by atoms with Crippen molar-refractivity contribution in [1.82, 2.24) is 9.78 Å². The van der Waals surface area contributed by atoms with Crippen molar-refractivity contribution >= 4 is 46.8 Å². The molecule has 0 bridgehead atoms. The minimum atomic E-state index is -1.11. The molecule has 0 fully saturated rings. The summed E-state index contributed by atoms with van der Waals surface area (Å²) >= 11 is 6.13. The van der Waals surface area contributed by atoms with E-state index in [1.807, 2.05) is 0 Å². The zero-order valence-electron chi connectivity index (χ0n) is 18.6. The smallest absolute Gasteiger partial charge is 0.331 e. The van der Waals surface area contributed by atoms with Gasteiger partial charge in [-0.25, -0.2) is 4.79 Å². The Bertz CT molecular complexity index is 1390. The highest BCUT2D eigenvalue weighted by molar-refractivity contribution is 6.31. The molecule has 1 amide bonds. The number of rotatable bonds is 5. The van der Waals surface area contributed by atoms with Crippen LogP contribution in [0.3, 0.4) is 0 Å². The second-order valence-electron chi connectivity index (χ2n) is 7.78. The largest absolute Gasteiger partial charge is 0.449 e. The molecule has 0 aliphatic heterocycles. The van der Waals surface area contributed by atoms with Crippen molar-refractivity contribution in [2.75, 3.05) is 5.32 Å². The zero-order chi connectivity index (χ0) is 24.6. The summed E-state index contributed by atoms with van der Waals surface area (Å²) in [5, 5.41) is 7.13. The van der Waals surface area contributed by atoms with Gasteiger partial charge in [0.05, 0.1) is 5.69 Å². The topological polar surface area (TPSA) is 107 Å². The molecule has 34 heavy (non-hydrogen) atoms. The number of halogens is 1. The first-order chi connectivity index (χ1) is 16.2. The Kier molecular flexibility index (Phi) is 6.17. The molecule has 2 aromatic carbocycles. The number of carbonyl (C=O) groups is 4. The molecular formula is C25H20ClN3O5. The monoisotopic (exact) mass is 477 g/mol. The summed E-state index contributed by atoms with van der Waals surface area (Å²) in [6.07, 6.45) is 1.53. The average Bonchev–Trinajstić information content (AvgIpc) is 3.06. The Balaban J connectivity index is 1.44. The number of aromatic nitrogens is 2. The van der Waals surface area contributed by atoms with Crippen LogP contribution >= 0.6 is 11.6 Å². The first kappa shape index (κ1) is 23.1. The number of hydrogen-bond donors (Lipinski definition) is 1. The number of hydrogen-bond acceptors (Lipinski definition) is 6. The quantitative estimate of drug-likeness (QED) is 0.346. The van der Waals surface area contributed by atoms with Gasteiger partial charge in [-0.05, 0) is 38.1 Å². The van der Waals surface area contributed by atoms with Gasteiger partial charge in [-0.1, -0.05) is 35.9 Å². The van der Waals surface area contributed by atoms with Gasteiger partial charge in [0.2, 0.25) is 0 Å². The van der Waals surface area contributed by atoms with Crippen molar-refractivity contribution in [2.24, 2.45) is 7.05 Å². The zero-order valence-corrected chi connectivity index (χ0v) is 19.3. The van der Waals surface area contributed by atoms with Gasteiger partial charge in [0.15, 0.2) is 17.7 Å². The summed E-state index contributed by atoms with van der Waals surface area (Å²) in [6, 6.07) is 11.1. The third-order valence-corrected chi connectivity index (χ3v) is 5.89. The van der Waals surface area contributed by atoms with Gasteiger partial charge in [0.25, 0.3) is 5.91 Å². The van der Waals surface area contributed by atoms with E-state index in [9.17, 15) is 19.2 Å². The van der Waals surface area contributed by atoms with E-state index in [1.54, 1.807) is 38.2 Å². The van der Waals surface area contributed by atoms with Crippen molar-refractivity contribution in [1.29, 1.82) is 0 Å². The number of carbonyl (C=O) groups excluding carboxylic acids is 4. The van der Waals surface area contributed by atoms with Crippen LogP contribution in [0.25, 0.3) is 6.08 Å². The number of nitrogens with zero attached hydrogens (tertiary/aromatic N) is 2. The molecule has 0 radical (unpaired) electrons. The van der Waals surface area contributed by atoms with Gasteiger partial charge >= 0.3 is 5.97 Å². The Morgan fingerprint density at radius 3 is 2.29 bits per heavy atom. The van der Waals surface area contributed by atoms with E-state index >= 15 is 0 Å². The van der Waals surface area contributed by atoms with Crippen LogP contribution in [-0.4, -0.2) is 39.3 Å². The lowest BCUT2D eigenvalue weighted by Gasteiger charge is -2.18. The van der Waals surface area contributed by atoms with Crippen LogP contribution in [0.2, 0.25) is 5.15 Å². The minimum absolute atomic E-state index is 0.206. The summed E-state index contributed by atoms with van der Waals surface area (Å²) in [6.45, 7) is 3.18. The van der Waals surface area contributed by atoms with Crippen molar-refractivity contribution < 1.29 is 23.9 Å². The standard InChI is InChI=1S/C25H20ClN3O5/c1-13-16(24(26)29(3)28-13)10-11-21(30)34-14(2)25(33)27-15-8-9-19-20(12-15)23(32)18-7-5-4-6-17(18)22(19)31/h4-12,14H,1-3H3,(H,27,33)/b11-10+. The van der Waals surface area contributed by atoms with E-state index in [0.29, 0.717) is 33.2 Å². The maximum absolute atomic E-state index is 12.9. The molecule has 0 saturated heterocycles. The molecule has 1 unspecified atom stereocenters. The second-order valence-corrected chi connectivity index (χ2v) is 8.14. The summed E-state index contributed by atoms with van der Waals surface area (Å²) < 4.78 is 6.64. The van der Waals surface area contributed by atoms with Crippen LogP contribution in [0.5, 0.6) is 0 Å². The molecule has 1 atom stereocenters. The van der Waals surface area contributed by atoms with Crippen LogP contribution in [-0.2, 0) is 21.4 Å². The Morgan fingerprint density at radius 1 is 1.06 bits per heavy atom. The maximum atomic E-state index is 12.9. The number of aryl methyl sites for hydroxylation is 2. The van der Waals surface area contributed by atoms with E-state index in [1.165, 1.54) is 42.0 Å². The average molecular weight is 478 g/mol. The van der Waals surface area contributed by atoms with Gasteiger partial charge in [-0.15, -0.1) is 0 Å². The minimum Gasteiger partial charge on any atom is -0.449 e. The van der Waals surface area contributed by atoms with Gasteiger partial charge in [-0.3, -0.25) is 19.1 Å². The van der Waals surface area contributed by atoms with E-state index in [0.717, 1.165) is 0 Å². The summed E-state index contributed by atoms with van der Waals surface area (Å²) in [4.78, 5) is 50.3. The first-order valence-corrected chi connectivity index (χ1v) is 10.8. The lowest BCUT2D eigenvalue weighted by molar-refractivity contribution is -0.148. The third-order valence-electron chi connectivity index (χ3n) is 5.44. The highest BCUT2D eigenvalue weighted by atomic mass is 35.5.